The zero-order chi connectivity index (χ0) is 12.5. The van der Waals surface area contributed by atoms with Gasteiger partial charge in [-0.1, -0.05) is 60.2 Å². The van der Waals surface area contributed by atoms with Gasteiger partial charge in [0.1, 0.15) is 5.76 Å². The van der Waals surface area contributed by atoms with Crippen molar-refractivity contribution in [2.24, 2.45) is 0 Å². The van der Waals surface area contributed by atoms with E-state index in [0.29, 0.717) is 5.02 Å². The Labute approximate surface area is 111 Å². The van der Waals surface area contributed by atoms with E-state index in [-0.39, 0.29) is 5.76 Å². The molecular formula is C16H11ClO. The molecule has 0 atom stereocenters. The van der Waals surface area contributed by atoms with Crippen LogP contribution in [0.4, 0.5) is 0 Å². The topological polar surface area (TPSA) is 20.2 Å². The second-order valence-corrected chi connectivity index (χ2v) is 4.60. The molecule has 1 aliphatic rings. The number of aliphatic hydroxyl groups is 1. The summed E-state index contributed by atoms with van der Waals surface area (Å²) in [6, 6.07) is 13.4. The van der Waals surface area contributed by atoms with Crippen LogP contribution in [0.15, 0.2) is 42.5 Å². The maximum absolute atomic E-state index is 10.2. The third-order valence-corrected chi connectivity index (χ3v) is 3.37. The highest BCUT2D eigenvalue weighted by molar-refractivity contribution is 6.32. The summed E-state index contributed by atoms with van der Waals surface area (Å²) >= 11 is 6.18. The van der Waals surface area contributed by atoms with Gasteiger partial charge in [-0.2, -0.15) is 0 Å². The van der Waals surface area contributed by atoms with Gasteiger partial charge in [0.2, 0.25) is 0 Å². The summed E-state index contributed by atoms with van der Waals surface area (Å²) in [5.41, 5.74) is 3.67. The van der Waals surface area contributed by atoms with Crippen molar-refractivity contribution in [1.29, 1.82) is 0 Å². The van der Waals surface area contributed by atoms with Crippen molar-refractivity contribution in [3.8, 4) is 0 Å². The molecule has 2 aromatic carbocycles. The Balaban J connectivity index is 2.27. The maximum Gasteiger partial charge on any atom is 0.124 e. The smallest absolute Gasteiger partial charge is 0.124 e. The van der Waals surface area contributed by atoms with Crippen molar-refractivity contribution in [2.75, 3.05) is 0 Å². The quantitative estimate of drug-likeness (QED) is 0.710. The molecule has 2 heteroatoms. The lowest BCUT2D eigenvalue weighted by Gasteiger charge is -2.11. The minimum absolute atomic E-state index is 0.262. The van der Waals surface area contributed by atoms with Crippen molar-refractivity contribution < 1.29 is 5.11 Å². The number of aliphatic hydroxyl groups excluding tert-OH is 1. The molecule has 0 bridgehead atoms. The van der Waals surface area contributed by atoms with E-state index in [9.17, 15) is 5.11 Å². The fraction of sp³-hybridized carbons (Fsp3) is 0. The highest BCUT2D eigenvalue weighted by Gasteiger charge is 2.10. The number of hydrogen-bond acceptors (Lipinski definition) is 1. The molecule has 0 fully saturated rings. The van der Waals surface area contributed by atoms with Crippen LogP contribution < -0.4 is 0 Å². The largest absolute Gasteiger partial charge is 0.507 e. The fourth-order valence-electron chi connectivity index (χ4n) is 2.13. The number of fused-ring (bicyclic) bond motifs is 2. The van der Waals surface area contributed by atoms with Crippen LogP contribution in [-0.2, 0) is 0 Å². The van der Waals surface area contributed by atoms with E-state index >= 15 is 0 Å². The molecule has 88 valence electrons. The van der Waals surface area contributed by atoms with Crippen molar-refractivity contribution in [3.05, 3.63) is 69.7 Å². The molecule has 0 aliphatic heterocycles. The zero-order valence-corrected chi connectivity index (χ0v) is 10.4. The van der Waals surface area contributed by atoms with E-state index in [1.165, 1.54) is 0 Å². The molecule has 1 nitrogen and oxygen atoms in total. The molecule has 2 aromatic rings. The monoisotopic (exact) mass is 254 g/mol. The van der Waals surface area contributed by atoms with Crippen LogP contribution in [-0.4, -0.2) is 5.11 Å². The van der Waals surface area contributed by atoms with E-state index in [1.807, 2.05) is 54.6 Å². The van der Waals surface area contributed by atoms with E-state index < -0.39 is 0 Å². The van der Waals surface area contributed by atoms with Gasteiger partial charge in [0, 0.05) is 16.1 Å². The Morgan fingerprint density at radius 2 is 1.61 bits per heavy atom. The normalized spacial score (nSPS) is 17.7. The van der Waals surface area contributed by atoms with Gasteiger partial charge in [-0.25, -0.2) is 0 Å². The molecule has 0 heterocycles. The van der Waals surface area contributed by atoms with Crippen LogP contribution in [0.25, 0.3) is 24.0 Å². The van der Waals surface area contributed by atoms with Gasteiger partial charge in [-0.15, -0.1) is 0 Å². The second-order valence-electron chi connectivity index (χ2n) is 4.19. The summed E-state index contributed by atoms with van der Waals surface area (Å²) in [7, 11) is 0. The van der Waals surface area contributed by atoms with Gasteiger partial charge < -0.3 is 5.11 Å². The van der Waals surface area contributed by atoms with Gasteiger partial charge >= 0.3 is 0 Å². The molecule has 0 aromatic heterocycles. The van der Waals surface area contributed by atoms with Crippen LogP contribution in [0, 0.1) is 0 Å². The minimum Gasteiger partial charge on any atom is -0.507 e. The van der Waals surface area contributed by atoms with Crippen LogP contribution >= 0.6 is 11.6 Å². The van der Waals surface area contributed by atoms with Gasteiger partial charge in [0.05, 0.1) is 0 Å². The molecule has 0 saturated carbocycles. The highest BCUT2D eigenvalue weighted by Crippen LogP contribution is 2.30. The lowest BCUT2D eigenvalue weighted by Crippen LogP contribution is -1.92. The summed E-state index contributed by atoms with van der Waals surface area (Å²) in [6.07, 6.45) is 5.71. The lowest BCUT2D eigenvalue weighted by molar-refractivity contribution is 0.515. The van der Waals surface area contributed by atoms with E-state index in [4.69, 9.17) is 11.6 Å². The number of rotatable bonds is 0. The summed E-state index contributed by atoms with van der Waals surface area (Å²) < 4.78 is 0. The molecule has 0 radical (unpaired) electrons. The minimum atomic E-state index is 0.262. The first-order valence-electron chi connectivity index (χ1n) is 5.72. The summed E-state index contributed by atoms with van der Waals surface area (Å²) in [5.74, 6) is 0.262. The Morgan fingerprint density at radius 1 is 0.833 bits per heavy atom. The standard InChI is InChI=1S/C16H11ClO/c17-15-7-3-5-12-10-16(18)14-6-2-1-4-11(14)8-9-13(12)15/h1-10,18H/b9-8-,11-8?,12-10?,13-9?,16-10+,16-14?. The summed E-state index contributed by atoms with van der Waals surface area (Å²) in [4.78, 5) is 0. The van der Waals surface area contributed by atoms with Gasteiger partial charge in [-0.05, 0) is 23.3 Å². The van der Waals surface area contributed by atoms with E-state index in [2.05, 4.69) is 0 Å². The summed E-state index contributed by atoms with van der Waals surface area (Å²) in [5, 5.41) is 10.9. The fourth-order valence-corrected chi connectivity index (χ4v) is 2.37. The highest BCUT2D eigenvalue weighted by atomic mass is 35.5. The average Bonchev–Trinajstić information content (AvgIpc) is 2.36. The van der Waals surface area contributed by atoms with Gasteiger partial charge in [-0.3, -0.25) is 0 Å². The first-order chi connectivity index (χ1) is 8.75. The first kappa shape index (κ1) is 11.1. The van der Waals surface area contributed by atoms with Gasteiger partial charge in [0.15, 0.2) is 0 Å². The van der Waals surface area contributed by atoms with Crippen LogP contribution in [0.5, 0.6) is 0 Å². The predicted octanol–water partition coefficient (Wildman–Crippen LogP) is 4.88. The maximum atomic E-state index is 10.2. The molecule has 1 aliphatic carbocycles. The van der Waals surface area contributed by atoms with Crippen LogP contribution in [0.1, 0.15) is 22.3 Å². The van der Waals surface area contributed by atoms with Crippen LogP contribution in [0.3, 0.4) is 0 Å². The molecule has 1 N–H and O–H groups in total. The van der Waals surface area contributed by atoms with Crippen LogP contribution in [0.2, 0.25) is 5.02 Å². The molecule has 0 amide bonds. The van der Waals surface area contributed by atoms with Crippen molar-refractivity contribution in [1.82, 2.24) is 0 Å². The number of halogens is 1. The SMILES string of the molecule is O/C1=C/c2cccc(Cl)c2/C=C\c2ccccc21. The first-order valence-corrected chi connectivity index (χ1v) is 6.10. The van der Waals surface area contributed by atoms with E-state index in [1.54, 1.807) is 6.08 Å². The predicted molar refractivity (Wildman–Crippen MR) is 77.3 cm³/mol. The molecule has 0 spiro atoms. The Hall–Kier alpha value is -1.99. The Bertz CT molecular complexity index is 669. The third kappa shape index (κ3) is 1.83. The lowest BCUT2D eigenvalue weighted by atomic mass is 9.97. The second kappa shape index (κ2) is 4.35. The third-order valence-electron chi connectivity index (χ3n) is 3.05. The molecule has 0 saturated heterocycles. The number of benzene rings is 2. The van der Waals surface area contributed by atoms with Crippen molar-refractivity contribution in [3.63, 3.8) is 0 Å². The van der Waals surface area contributed by atoms with E-state index in [0.717, 1.165) is 22.3 Å². The molecular weight excluding hydrogens is 244 g/mol. The Kier molecular flexibility index (Phi) is 2.69. The van der Waals surface area contributed by atoms with Crippen molar-refractivity contribution in [2.45, 2.75) is 0 Å². The van der Waals surface area contributed by atoms with Crippen molar-refractivity contribution >= 4 is 35.6 Å². The zero-order valence-electron chi connectivity index (χ0n) is 9.60. The summed E-state index contributed by atoms with van der Waals surface area (Å²) in [6.45, 7) is 0. The van der Waals surface area contributed by atoms with Gasteiger partial charge in [0.25, 0.3) is 0 Å². The molecule has 3 rings (SSSR count). The average molecular weight is 255 g/mol. The molecule has 18 heavy (non-hydrogen) atoms. The Morgan fingerprint density at radius 3 is 2.50 bits per heavy atom. The molecule has 0 unspecified atom stereocenters. The number of hydrogen-bond donors (Lipinski definition) is 1.